The van der Waals surface area contributed by atoms with Gasteiger partial charge in [-0.25, -0.2) is 4.79 Å². The van der Waals surface area contributed by atoms with Gasteiger partial charge in [0.25, 0.3) is 0 Å². The highest BCUT2D eigenvalue weighted by Crippen LogP contribution is 2.08. The number of hydrogen-bond acceptors (Lipinski definition) is 2. The first-order valence-electron chi connectivity index (χ1n) is 5.12. The van der Waals surface area contributed by atoms with E-state index in [1.54, 1.807) is 0 Å². The summed E-state index contributed by atoms with van der Waals surface area (Å²) in [6, 6.07) is 0. The van der Waals surface area contributed by atoms with Crippen molar-refractivity contribution < 1.29 is 14.3 Å². The lowest BCUT2D eigenvalue weighted by Gasteiger charge is -1.98. The van der Waals surface area contributed by atoms with Crippen LogP contribution < -0.4 is 0 Å². The average molecular weight is 190 g/mol. The predicted octanol–water partition coefficient (Wildman–Crippen LogP) is 3.55. The van der Waals surface area contributed by atoms with Gasteiger partial charge in [-0.1, -0.05) is 45.4 Å². The Labute approximate surface area is 79.4 Å². The minimum Gasteiger partial charge on any atom is -0.255 e. The van der Waals surface area contributed by atoms with Crippen LogP contribution in [-0.2, 0) is 9.74 Å². The first-order valence-corrected chi connectivity index (χ1v) is 5.12. The Morgan fingerprint density at radius 3 is 2.15 bits per heavy atom. The topological polar surface area (TPSA) is 26.3 Å². The molecule has 0 atom stereocenters. The van der Waals surface area contributed by atoms with E-state index >= 15 is 0 Å². The van der Waals surface area contributed by atoms with Gasteiger partial charge in [0.1, 0.15) is 0 Å². The Morgan fingerprint density at radius 1 is 1.08 bits per heavy atom. The Kier molecular flexibility index (Phi) is 9.05. The molecule has 0 aliphatic heterocycles. The molecular weight excluding hydrogens is 171 g/mol. The quantitative estimate of drug-likeness (QED) is 0.547. The molecule has 13 heavy (non-hydrogen) atoms. The van der Waals surface area contributed by atoms with Gasteiger partial charge in [-0.15, -0.1) is 0 Å². The zero-order chi connectivity index (χ0) is 9.94. The molecule has 78 valence electrons. The minimum absolute atomic E-state index is 0.213. The minimum atomic E-state index is -0.742. The van der Waals surface area contributed by atoms with Gasteiger partial charge < -0.3 is 0 Å². The van der Waals surface area contributed by atoms with Gasteiger partial charge in [0.2, 0.25) is 0 Å². The van der Waals surface area contributed by atoms with Gasteiger partial charge >= 0.3 is 5.97 Å². The number of carbonyl (C=O) groups excluding carboxylic acids is 1. The summed E-state index contributed by atoms with van der Waals surface area (Å²) in [7, 11) is 0. The van der Waals surface area contributed by atoms with E-state index in [4.69, 9.17) is 0 Å². The number of hydrogen-bond donors (Lipinski definition) is 0. The maximum absolute atomic E-state index is 11.2. The van der Waals surface area contributed by atoms with Gasteiger partial charge in [-0.05, 0) is 6.42 Å². The lowest BCUT2D eigenvalue weighted by Crippen LogP contribution is -1.96. The summed E-state index contributed by atoms with van der Waals surface area (Å²) in [5.41, 5.74) is 0. The Bertz CT molecular complexity index is 126. The van der Waals surface area contributed by atoms with E-state index in [0.717, 1.165) is 19.3 Å². The predicted molar refractivity (Wildman–Crippen MR) is 49.8 cm³/mol. The molecule has 0 radical (unpaired) electrons. The van der Waals surface area contributed by atoms with Crippen LogP contribution >= 0.6 is 0 Å². The van der Waals surface area contributed by atoms with Crippen LogP contribution in [0.25, 0.3) is 0 Å². The van der Waals surface area contributed by atoms with Crippen molar-refractivity contribution in [1.29, 1.82) is 0 Å². The molecule has 0 unspecified atom stereocenters. The van der Waals surface area contributed by atoms with E-state index < -0.39 is 5.97 Å². The van der Waals surface area contributed by atoms with Crippen molar-refractivity contribution >= 4 is 5.97 Å². The van der Waals surface area contributed by atoms with Crippen LogP contribution in [0.15, 0.2) is 0 Å². The van der Waals surface area contributed by atoms with Crippen molar-refractivity contribution in [1.82, 2.24) is 0 Å². The summed E-state index contributed by atoms with van der Waals surface area (Å²) < 4.78 is 11.2. The third-order valence-corrected chi connectivity index (χ3v) is 2.07. The van der Waals surface area contributed by atoms with E-state index in [-0.39, 0.29) is 6.42 Å². The largest absolute Gasteiger partial charge is 0.348 e. The summed E-state index contributed by atoms with van der Waals surface area (Å²) in [5, 5.41) is 0. The molecule has 0 saturated carbocycles. The Balaban J connectivity index is 2.95. The van der Waals surface area contributed by atoms with Crippen LogP contribution in [0.3, 0.4) is 0 Å². The molecule has 3 heteroatoms. The van der Waals surface area contributed by atoms with Crippen molar-refractivity contribution in [3.63, 3.8) is 0 Å². The van der Waals surface area contributed by atoms with Crippen molar-refractivity contribution in [3.8, 4) is 0 Å². The average Bonchev–Trinajstić information content (AvgIpc) is 2.16. The molecule has 0 bridgehead atoms. The fourth-order valence-electron chi connectivity index (χ4n) is 1.27. The summed E-state index contributed by atoms with van der Waals surface area (Å²) in [6.07, 6.45) is 8.11. The third kappa shape index (κ3) is 9.31. The molecule has 0 amide bonds. The SMILES string of the molecule is CCCCCCCCCC(=O)OF. The van der Waals surface area contributed by atoms with Crippen molar-refractivity contribution in [2.24, 2.45) is 0 Å². The lowest BCUT2D eigenvalue weighted by atomic mass is 10.1. The number of unbranched alkanes of at least 4 members (excludes halogenated alkanes) is 6. The first-order chi connectivity index (χ1) is 6.31. The van der Waals surface area contributed by atoms with Crippen molar-refractivity contribution in [2.75, 3.05) is 0 Å². The van der Waals surface area contributed by atoms with Gasteiger partial charge in [0.15, 0.2) is 0 Å². The fourth-order valence-corrected chi connectivity index (χ4v) is 1.27. The maximum atomic E-state index is 11.2. The van der Waals surface area contributed by atoms with Crippen LogP contribution in [0.4, 0.5) is 4.53 Å². The molecule has 0 aliphatic rings. The van der Waals surface area contributed by atoms with Gasteiger partial charge in [0.05, 0.1) is 0 Å². The maximum Gasteiger partial charge on any atom is 0.348 e. The molecule has 0 aromatic rings. The van der Waals surface area contributed by atoms with Crippen LogP contribution in [-0.4, -0.2) is 5.97 Å². The molecule has 2 nitrogen and oxygen atoms in total. The molecular formula is C10H19FO2. The van der Waals surface area contributed by atoms with Gasteiger partial charge in [-0.2, -0.15) is 0 Å². The molecule has 0 heterocycles. The highest BCUT2D eigenvalue weighted by Gasteiger charge is 2.01. The molecule has 0 aliphatic carbocycles. The third-order valence-electron chi connectivity index (χ3n) is 2.07. The second kappa shape index (κ2) is 9.49. The van der Waals surface area contributed by atoms with Crippen LogP contribution in [0.2, 0.25) is 0 Å². The van der Waals surface area contributed by atoms with E-state index in [9.17, 15) is 9.32 Å². The normalized spacial score (nSPS) is 10.0. The second-order valence-electron chi connectivity index (χ2n) is 3.32. The Morgan fingerprint density at radius 2 is 1.62 bits per heavy atom. The molecule has 0 N–H and O–H groups in total. The molecule has 0 saturated heterocycles. The van der Waals surface area contributed by atoms with E-state index in [2.05, 4.69) is 11.9 Å². The number of halogens is 1. The molecule has 0 fully saturated rings. The first kappa shape index (κ1) is 12.4. The molecule has 0 aromatic carbocycles. The molecule has 0 spiro atoms. The Hall–Kier alpha value is -0.600. The monoisotopic (exact) mass is 190 g/mol. The van der Waals surface area contributed by atoms with Crippen molar-refractivity contribution in [3.05, 3.63) is 0 Å². The zero-order valence-electron chi connectivity index (χ0n) is 8.35. The summed E-state index contributed by atoms with van der Waals surface area (Å²) in [4.78, 5) is 13.4. The van der Waals surface area contributed by atoms with Gasteiger partial charge in [0, 0.05) is 10.9 Å². The number of rotatable bonds is 8. The molecule has 0 rings (SSSR count). The smallest absolute Gasteiger partial charge is 0.255 e. The second-order valence-corrected chi connectivity index (χ2v) is 3.32. The number of carbonyl (C=O) groups is 1. The van der Waals surface area contributed by atoms with E-state index in [1.807, 2.05) is 0 Å². The van der Waals surface area contributed by atoms with Crippen LogP contribution in [0.5, 0.6) is 0 Å². The van der Waals surface area contributed by atoms with Crippen LogP contribution in [0.1, 0.15) is 58.3 Å². The standard InChI is InChI=1S/C10H19FO2/c1-2-3-4-5-6-7-8-9-10(12)13-11/h2-9H2,1H3. The zero-order valence-corrected chi connectivity index (χ0v) is 8.35. The van der Waals surface area contributed by atoms with Crippen molar-refractivity contribution in [2.45, 2.75) is 58.3 Å². The summed E-state index contributed by atoms with van der Waals surface area (Å²) in [6.45, 7) is 2.18. The lowest BCUT2D eigenvalue weighted by molar-refractivity contribution is -0.183. The summed E-state index contributed by atoms with van der Waals surface area (Å²) in [5.74, 6) is -0.742. The fraction of sp³-hybridized carbons (Fsp3) is 0.900. The summed E-state index contributed by atoms with van der Waals surface area (Å²) >= 11 is 0. The highest BCUT2D eigenvalue weighted by atomic mass is 19.3. The van der Waals surface area contributed by atoms with Gasteiger partial charge in [-0.3, -0.25) is 4.94 Å². The highest BCUT2D eigenvalue weighted by molar-refractivity contribution is 5.68. The van der Waals surface area contributed by atoms with E-state index in [0.29, 0.717) is 0 Å². The molecule has 0 aromatic heterocycles. The van der Waals surface area contributed by atoms with Crippen LogP contribution in [0, 0.1) is 0 Å². The van der Waals surface area contributed by atoms with E-state index in [1.165, 1.54) is 25.7 Å².